The van der Waals surface area contributed by atoms with E-state index in [2.05, 4.69) is 53.8 Å². The smallest absolute Gasteiger partial charge is 0.335 e. The number of aryl methyl sites for hydroxylation is 1. The number of carboxylic acid groups (broad SMARTS) is 1. The zero-order chi connectivity index (χ0) is 22.8. The van der Waals surface area contributed by atoms with Gasteiger partial charge in [0.25, 0.3) is 0 Å². The summed E-state index contributed by atoms with van der Waals surface area (Å²) >= 11 is 0. The topological polar surface area (TPSA) is 58.6 Å². The molecule has 0 amide bonds. The molecule has 0 bridgehead atoms. The molecule has 0 fully saturated rings. The highest BCUT2D eigenvalue weighted by Gasteiger charge is 2.30. The molecule has 4 heteroatoms. The van der Waals surface area contributed by atoms with Gasteiger partial charge in [-0.15, -0.1) is 0 Å². The van der Waals surface area contributed by atoms with Crippen molar-refractivity contribution in [2.24, 2.45) is 0 Å². The first-order valence-electron chi connectivity index (χ1n) is 11.4. The lowest BCUT2D eigenvalue weighted by molar-refractivity contribution is 0.0696. The first-order valence-corrected chi connectivity index (χ1v) is 11.4. The fourth-order valence-corrected chi connectivity index (χ4v) is 4.93. The van der Waals surface area contributed by atoms with Gasteiger partial charge in [0.1, 0.15) is 11.9 Å². The highest BCUT2D eigenvalue weighted by molar-refractivity contribution is 5.88. The third kappa shape index (κ3) is 4.35. The first kappa shape index (κ1) is 21.2. The molecule has 0 radical (unpaired) electrons. The monoisotopic (exact) mass is 437 g/mol. The second kappa shape index (κ2) is 9.08. The van der Waals surface area contributed by atoms with Crippen molar-refractivity contribution < 1.29 is 14.6 Å². The van der Waals surface area contributed by atoms with E-state index in [4.69, 9.17) is 4.74 Å². The molecule has 4 aromatic carbocycles. The number of rotatable bonds is 6. The van der Waals surface area contributed by atoms with Crippen LogP contribution in [0, 0.1) is 6.92 Å². The molecule has 4 nitrogen and oxygen atoms in total. The SMILES string of the molecule is Cc1cc(C(=O)O)ccc1C1CC(CNCc2cccc3ccccc23)Oc2ccccc21. The van der Waals surface area contributed by atoms with Crippen LogP contribution in [-0.2, 0) is 6.54 Å². The van der Waals surface area contributed by atoms with Gasteiger partial charge in [-0.1, -0.05) is 66.7 Å². The summed E-state index contributed by atoms with van der Waals surface area (Å²) in [6.45, 7) is 3.51. The maximum absolute atomic E-state index is 11.4. The number of hydrogen-bond acceptors (Lipinski definition) is 3. The Bertz CT molecular complexity index is 1310. The summed E-state index contributed by atoms with van der Waals surface area (Å²) in [6.07, 6.45) is 0.866. The number of hydrogen-bond donors (Lipinski definition) is 2. The fourth-order valence-electron chi connectivity index (χ4n) is 4.93. The van der Waals surface area contributed by atoms with Crippen LogP contribution in [0.3, 0.4) is 0 Å². The molecule has 0 saturated heterocycles. The minimum Gasteiger partial charge on any atom is -0.489 e. The van der Waals surface area contributed by atoms with Gasteiger partial charge in [0, 0.05) is 24.6 Å². The van der Waals surface area contributed by atoms with Crippen LogP contribution in [0.25, 0.3) is 10.8 Å². The normalized spacial score (nSPS) is 17.4. The van der Waals surface area contributed by atoms with E-state index in [1.54, 1.807) is 12.1 Å². The highest BCUT2D eigenvalue weighted by atomic mass is 16.5. The number of aromatic carboxylic acids is 1. The molecule has 0 aromatic heterocycles. The van der Waals surface area contributed by atoms with Crippen molar-refractivity contribution in [3.05, 3.63) is 113 Å². The van der Waals surface area contributed by atoms with Crippen molar-refractivity contribution in [1.29, 1.82) is 0 Å². The first-order chi connectivity index (χ1) is 16.1. The average molecular weight is 438 g/mol. The standard InChI is InChI=1S/C29H27NO3/c1-19-15-21(29(31)32)13-14-24(19)27-16-23(33-28-12-5-4-11-26(27)28)18-30-17-22-9-6-8-20-7-2-3-10-25(20)22/h2-15,23,27,30H,16-18H2,1H3,(H,31,32). The number of para-hydroxylation sites is 1. The number of ether oxygens (including phenoxy) is 1. The zero-order valence-electron chi connectivity index (χ0n) is 18.6. The van der Waals surface area contributed by atoms with Crippen LogP contribution < -0.4 is 10.1 Å². The van der Waals surface area contributed by atoms with Gasteiger partial charge in [-0.2, -0.15) is 0 Å². The van der Waals surface area contributed by atoms with E-state index in [0.717, 1.165) is 42.0 Å². The Hall–Kier alpha value is -3.63. The molecule has 0 aliphatic carbocycles. The largest absolute Gasteiger partial charge is 0.489 e. The molecule has 0 spiro atoms. The quantitative estimate of drug-likeness (QED) is 0.393. The molecule has 166 valence electrons. The van der Waals surface area contributed by atoms with Crippen molar-refractivity contribution in [2.75, 3.05) is 6.54 Å². The van der Waals surface area contributed by atoms with Crippen molar-refractivity contribution in [3.63, 3.8) is 0 Å². The lowest BCUT2D eigenvalue weighted by Crippen LogP contribution is -2.35. The van der Waals surface area contributed by atoms with Gasteiger partial charge in [0.2, 0.25) is 0 Å². The number of nitrogens with one attached hydrogen (secondary N) is 1. The third-order valence-electron chi connectivity index (χ3n) is 6.55. The Morgan fingerprint density at radius 2 is 1.76 bits per heavy atom. The van der Waals surface area contributed by atoms with E-state index < -0.39 is 5.97 Å². The summed E-state index contributed by atoms with van der Waals surface area (Å²) in [5, 5.41) is 15.5. The van der Waals surface area contributed by atoms with Gasteiger partial charge in [-0.25, -0.2) is 4.79 Å². The molecule has 5 rings (SSSR count). The Morgan fingerprint density at radius 3 is 2.61 bits per heavy atom. The second-order valence-electron chi connectivity index (χ2n) is 8.71. The summed E-state index contributed by atoms with van der Waals surface area (Å²) < 4.78 is 6.35. The maximum Gasteiger partial charge on any atom is 0.335 e. The summed E-state index contributed by atoms with van der Waals surface area (Å²) in [4.78, 5) is 11.4. The van der Waals surface area contributed by atoms with E-state index in [9.17, 15) is 9.90 Å². The number of carbonyl (C=O) groups is 1. The predicted octanol–water partition coefficient (Wildman–Crippen LogP) is 5.92. The van der Waals surface area contributed by atoms with Gasteiger partial charge >= 0.3 is 5.97 Å². The molecular formula is C29H27NO3. The van der Waals surface area contributed by atoms with Crippen LogP contribution in [-0.4, -0.2) is 23.7 Å². The van der Waals surface area contributed by atoms with Crippen LogP contribution >= 0.6 is 0 Å². The van der Waals surface area contributed by atoms with Crippen LogP contribution in [0.2, 0.25) is 0 Å². The number of fused-ring (bicyclic) bond motifs is 2. The molecule has 2 unspecified atom stereocenters. The van der Waals surface area contributed by atoms with E-state index in [1.807, 2.05) is 31.2 Å². The van der Waals surface area contributed by atoms with Gasteiger partial charge in [-0.3, -0.25) is 0 Å². The van der Waals surface area contributed by atoms with Crippen LogP contribution in [0.15, 0.2) is 84.9 Å². The van der Waals surface area contributed by atoms with Crippen molar-refractivity contribution in [3.8, 4) is 5.75 Å². The Balaban J connectivity index is 1.35. The van der Waals surface area contributed by atoms with E-state index in [-0.39, 0.29) is 12.0 Å². The Labute approximate surface area is 193 Å². The van der Waals surface area contributed by atoms with Crippen LogP contribution in [0.5, 0.6) is 5.75 Å². The summed E-state index contributed by atoms with van der Waals surface area (Å²) in [6, 6.07) is 28.5. The molecule has 33 heavy (non-hydrogen) atoms. The van der Waals surface area contributed by atoms with Crippen molar-refractivity contribution in [1.82, 2.24) is 5.32 Å². The lowest BCUT2D eigenvalue weighted by atomic mass is 9.82. The van der Waals surface area contributed by atoms with Gasteiger partial charge in [0.15, 0.2) is 0 Å². The molecule has 1 aliphatic heterocycles. The van der Waals surface area contributed by atoms with Crippen LogP contribution in [0.4, 0.5) is 0 Å². The van der Waals surface area contributed by atoms with Gasteiger partial charge < -0.3 is 15.2 Å². The minimum atomic E-state index is -0.896. The Morgan fingerprint density at radius 1 is 0.970 bits per heavy atom. The lowest BCUT2D eigenvalue weighted by Gasteiger charge is -2.33. The summed E-state index contributed by atoms with van der Waals surface area (Å²) in [7, 11) is 0. The molecule has 2 atom stereocenters. The third-order valence-corrected chi connectivity index (χ3v) is 6.55. The van der Waals surface area contributed by atoms with Gasteiger partial charge in [-0.05, 0) is 59.0 Å². The van der Waals surface area contributed by atoms with Crippen LogP contribution in [0.1, 0.15) is 45.0 Å². The Kier molecular flexibility index (Phi) is 5.84. The van der Waals surface area contributed by atoms with Crippen molar-refractivity contribution >= 4 is 16.7 Å². The molecule has 0 saturated carbocycles. The van der Waals surface area contributed by atoms with Crippen molar-refractivity contribution in [2.45, 2.75) is 31.9 Å². The van der Waals surface area contributed by atoms with E-state index in [1.165, 1.54) is 16.3 Å². The molecular weight excluding hydrogens is 410 g/mol. The maximum atomic E-state index is 11.4. The average Bonchev–Trinajstić information content (AvgIpc) is 2.83. The van der Waals surface area contributed by atoms with Gasteiger partial charge in [0.05, 0.1) is 5.56 Å². The second-order valence-corrected chi connectivity index (χ2v) is 8.71. The summed E-state index contributed by atoms with van der Waals surface area (Å²) in [5.74, 6) is 0.183. The number of carboxylic acids is 1. The number of benzene rings is 4. The minimum absolute atomic E-state index is 0.0263. The fraction of sp³-hybridized carbons (Fsp3) is 0.207. The molecule has 1 heterocycles. The van der Waals surface area contributed by atoms with E-state index in [0.29, 0.717) is 5.56 Å². The summed E-state index contributed by atoms with van der Waals surface area (Å²) in [5.41, 5.74) is 4.92. The molecule has 4 aromatic rings. The molecule has 2 N–H and O–H groups in total. The predicted molar refractivity (Wildman–Crippen MR) is 131 cm³/mol. The highest BCUT2D eigenvalue weighted by Crippen LogP contribution is 2.41. The zero-order valence-corrected chi connectivity index (χ0v) is 18.6. The molecule has 1 aliphatic rings. The van der Waals surface area contributed by atoms with E-state index >= 15 is 0 Å².